The molecule has 0 bridgehead atoms. The van der Waals surface area contributed by atoms with E-state index in [0.717, 1.165) is 37.4 Å². The van der Waals surface area contributed by atoms with Crippen LogP contribution in [0.25, 0.3) is 0 Å². The van der Waals surface area contributed by atoms with Crippen molar-refractivity contribution in [3.8, 4) is 0 Å². The highest BCUT2D eigenvalue weighted by Gasteiger charge is 2.53. The van der Waals surface area contributed by atoms with Crippen molar-refractivity contribution in [1.82, 2.24) is 10.6 Å². The summed E-state index contributed by atoms with van der Waals surface area (Å²) in [5, 5.41) is 6.89. The molecule has 2 unspecified atom stereocenters. The Hall–Kier alpha value is -2.08. The van der Waals surface area contributed by atoms with Gasteiger partial charge in [-0.2, -0.15) is 0 Å². The Morgan fingerprint density at radius 3 is 2.65 bits per heavy atom. The maximum atomic E-state index is 11.3. The molecule has 2 atom stereocenters. The van der Waals surface area contributed by atoms with Gasteiger partial charge in [-0.15, -0.1) is 0 Å². The van der Waals surface area contributed by atoms with Gasteiger partial charge in [0.1, 0.15) is 0 Å². The Morgan fingerprint density at radius 1 is 1.35 bits per heavy atom. The van der Waals surface area contributed by atoms with Crippen LogP contribution in [0.15, 0.2) is 29.3 Å². The summed E-state index contributed by atoms with van der Waals surface area (Å²) in [6.07, 6.45) is 3.45. The molecule has 1 saturated carbocycles. The Bertz CT molecular complexity index is 640. The Labute approximate surface area is 156 Å². The predicted molar refractivity (Wildman–Crippen MR) is 105 cm³/mol. The number of ether oxygens (including phenoxy) is 1. The van der Waals surface area contributed by atoms with Gasteiger partial charge < -0.3 is 21.1 Å². The van der Waals surface area contributed by atoms with Gasteiger partial charge in [-0.25, -0.2) is 0 Å². The molecule has 0 radical (unpaired) electrons. The average molecular weight is 361 g/mol. The number of nitrogens with two attached hydrogens (primary N) is 1. The van der Waals surface area contributed by atoms with E-state index in [1.54, 1.807) is 19.2 Å². The van der Waals surface area contributed by atoms with Crippen LogP contribution in [0.3, 0.4) is 0 Å². The summed E-state index contributed by atoms with van der Waals surface area (Å²) in [7, 11) is 1.77. The van der Waals surface area contributed by atoms with Crippen molar-refractivity contribution in [2.45, 2.75) is 58.7 Å². The fourth-order valence-corrected chi connectivity index (χ4v) is 3.96. The van der Waals surface area contributed by atoms with Gasteiger partial charge in [-0.1, -0.05) is 26.0 Å². The highest BCUT2D eigenvalue weighted by Crippen LogP contribution is 2.48. The van der Waals surface area contributed by atoms with Crippen LogP contribution < -0.4 is 16.4 Å². The van der Waals surface area contributed by atoms with Gasteiger partial charge in [-0.05, 0) is 43.9 Å². The number of hydrogen-bond donors (Lipinski definition) is 3. The Morgan fingerprint density at radius 2 is 2.08 bits per heavy atom. The van der Waals surface area contributed by atoms with Crippen LogP contribution >= 0.6 is 0 Å². The lowest BCUT2D eigenvalue weighted by atomic mass is 9.58. The Kier molecular flexibility index (Phi) is 7.03. The zero-order chi connectivity index (χ0) is 19.2. The molecule has 4 N–H and O–H groups in total. The number of benzene rings is 1. The summed E-state index contributed by atoms with van der Waals surface area (Å²) < 4.78 is 5.94. The molecule has 1 aliphatic carbocycles. The molecule has 1 aromatic rings. The van der Waals surface area contributed by atoms with Gasteiger partial charge in [0.05, 0.1) is 6.10 Å². The summed E-state index contributed by atoms with van der Waals surface area (Å²) in [4.78, 5) is 15.7. The van der Waals surface area contributed by atoms with Gasteiger partial charge in [0, 0.05) is 37.2 Å². The normalized spacial score (nSPS) is 21.8. The first-order chi connectivity index (χ1) is 12.5. The zero-order valence-corrected chi connectivity index (χ0v) is 16.3. The molecule has 0 heterocycles. The van der Waals surface area contributed by atoms with Crippen molar-refractivity contribution in [3.05, 3.63) is 35.4 Å². The zero-order valence-electron chi connectivity index (χ0n) is 16.3. The third-order valence-corrected chi connectivity index (χ3v) is 5.68. The van der Waals surface area contributed by atoms with Crippen LogP contribution in [0, 0.1) is 5.41 Å². The number of guanidine groups is 1. The van der Waals surface area contributed by atoms with E-state index in [1.165, 1.54) is 0 Å². The summed E-state index contributed by atoms with van der Waals surface area (Å²) in [6, 6.07) is 7.67. The van der Waals surface area contributed by atoms with Crippen LogP contribution in [-0.2, 0) is 11.3 Å². The van der Waals surface area contributed by atoms with Gasteiger partial charge in [0.25, 0.3) is 0 Å². The second-order valence-corrected chi connectivity index (χ2v) is 6.81. The van der Waals surface area contributed by atoms with Gasteiger partial charge in [0.2, 0.25) is 5.91 Å². The standard InChI is InChI=1S/C20H32N4O2/c1-5-20(6-2)16(12-17(20)26-7-3)24-19(22-4)23-13-14-9-8-10-15(11-14)18(21)25/h8-11,16-17H,5-7,12-13H2,1-4H3,(H2,21,25)(H2,22,23,24). The predicted octanol–water partition coefficient (Wildman–Crippen LogP) is 2.43. The minimum atomic E-state index is -0.415. The molecule has 0 spiro atoms. The van der Waals surface area contributed by atoms with E-state index in [1.807, 2.05) is 12.1 Å². The maximum Gasteiger partial charge on any atom is 0.248 e. The highest BCUT2D eigenvalue weighted by atomic mass is 16.5. The largest absolute Gasteiger partial charge is 0.378 e. The summed E-state index contributed by atoms with van der Waals surface area (Å²) in [5.41, 5.74) is 7.00. The first-order valence-corrected chi connectivity index (χ1v) is 9.48. The van der Waals surface area contributed by atoms with Crippen LogP contribution in [0.4, 0.5) is 0 Å². The number of aliphatic imine (C=N–C) groups is 1. The summed E-state index contributed by atoms with van der Waals surface area (Å²) in [5.74, 6) is 0.349. The smallest absolute Gasteiger partial charge is 0.248 e. The van der Waals surface area contributed by atoms with Crippen molar-refractivity contribution < 1.29 is 9.53 Å². The second kappa shape index (κ2) is 9.03. The third kappa shape index (κ3) is 4.18. The highest BCUT2D eigenvalue weighted by molar-refractivity contribution is 5.92. The van der Waals surface area contributed by atoms with Crippen molar-refractivity contribution in [2.75, 3.05) is 13.7 Å². The van der Waals surface area contributed by atoms with Crippen LogP contribution in [-0.4, -0.2) is 37.7 Å². The van der Waals surface area contributed by atoms with E-state index >= 15 is 0 Å². The van der Waals surface area contributed by atoms with Crippen LogP contribution in [0.2, 0.25) is 0 Å². The molecule has 1 aromatic carbocycles. The average Bonchev–Trinajstić information content (AvgIpc) is 2.64. The maximum absolute atomic E-state index is 11.3. The van der Waals surface area contributed by atoms with Gasteiger partial charge >= 0.3 is 0 Å². The summed E-state index contributed by atoms with van der Waals surface area (Å²) in [6.45, 7) is 7.84. The topological polar surface area (TPSA) is 88.7 Å². The van der Waals surface area contributed by atoms with E-state index in [2.05, 4.69) is 36.4 Å². The molecular formula is C20H32N4O2. The molecule has 6 nitrogen and oxygen atoms in total. The minimum absolute atomic E-state index is 0.152. The third-order valence-electron chi connectivity index (χ3n) is 5.68. The number of primary amides is 1. The molecule has 26 heavy (non-hydrogen) atoms. The molecule has 0 aromatic heterocycles. The fourth-order valence-electron chi connectivity index (χ4n) is 3.96. The lowest BCUT2D eigenvalue weighted by Gasteiger charge is -2.55. The number of nitrogens with zero attached hydrogens (tertiary/aromatic N) is 1. The van der Waals surface area contributed by atoms with Crippen molar-refractivity contribution in [3.63, 3.8) is 0 Å². The van der Waals surface area contributed by atoms with Crippen molar-refractivity contribution in [2.24, 2.45) is 16.1 Å². The lowest BCUT2D eigenvalue weighted by molar-refractivity contribution is -0.133. The molecule has 2 rings (SSSR count). The van der Waals surface area contributed by atoms with E-state index in [9.17, 15) is 4.79 Å². The van der Waals surface area contributed by atoms with Crippen LogP contribution in [0.5, 0.6) is 0 Å². The molecule has 0 aliphatic heterocycles. The Balaban J connectivity index is 1.98. The number of rotatable bonds is 8. The monoisotopic (exact) mass is 360 g/mol. The quantitative estimate of drug-likeness (QED) is 0.491. The number of hydrogen-bond acceptors (Lipinski definition) is 3. The number of carbonyl (C=O) groups is 1. The fraction of sp³-hybridized carbons (Fsp3) is 0.600. The minimum Gasteiger partial charge on any atom is -0.378 e. The molecule has 0 saturated heterocycles. The molecule has 144 valence electrons. The first kappa shape index (κ1) is 20.2. The van der Waals surface area contributed by atoms with E-state index < -0.39 is 5.91 Å². The SMILES string of the molecule is CCOC1CC(NC(=NC)NCc2cccc(C(N)=O)c2)C1(CC)CC. The molecule has 1 amide bonds. The first-order valence-electron chi connectivity index (χ1n) is 9.48. The van der Waals surface area contributed by atoms with Gasteiger partial charge in [-0.3, -0.25) is 9.79 Å². The summed E-state index contributed by atoms with van der Waals surface area (Å²) >= 11 is 0. The van der Waals surface area contributed by atoms with Crippen molar-refractivity contribution >= 4 is 11.9 Å². The van der Waals surface area contributed by atoms with E-state index in [0.29, 0.717) is 24.3 Å². The van der Waals surface area contributed by atoms with Crippen LogP contribution in [0.1, 0.15) is 56.0 Å². The van der Waals surface area contributed by atoms with E-state index in [-0.39, 0.29) is 5.41 Å². The number of amides is 1. The van der Waals surface area contributed by atoms with E-state index in [4.69, 9.17) is 10.5 Å². The molecule has 1 fully saturated rings. The molecular weight excluding hydrogens is 328 g/mol. The number of nitrogens with one attached hydrogen (secondary N) is 2. The second-order valence-electron chi connectivity index (χ2n) is 6.81. The lowest BCUT2D eigenvalue weighted by Crippen LogP contribution is -2.65. The number of carbonyl (C=O) groups excluding carboxylic acids is 1. The molecule has 6 heteroatoms. The molecule has 1 aliphatic rings. The van der Waals surface area contributed by atoms with Crippen molar-refractivity contribution in [1.29, 1.82) is 0 Å². The van der Waals surface area contributed by atoms with Gasteiger partial charge in [0.15, 0.2) is 5.96 Å².